The molecule has 1 aromatic carbocycles. The molecule has 2 aromatic rings. The first-order valence-electron chi connectivity index (χ1n) is 8.24. The molecule has 0 unspecified atom stereocenters. The highest BCUT2D eigenvalue weighted by Gasteiger charge is 2.36. The van der Waals surface area contributed by atoms with Crippen LogP contribution in [0, 0.1) is 0 Å². The minimum Gasteiger partial charge on any atom is -0.478 e. The predicted octanol–water partition coefficient (Wildman–Crippen LogP) is 3.45. The zero-order valence-electron chi connectivity index (χ0n) is 14.4. The van der Waals surface area contributed by atoms with Gasteiger partial charge in [-0.2, -0.15) is 0 Å². The van der Waals surface area contributed by atoms with Crippen molar-refractivity contribution in [1.82, 2.24) is 9.80 Å². The monoisotopic (exact) mass is 370 g/mol. The summed E-state index contributed by atoms with van der Waals surface area (Å²) in [5, 5.41) is 9.60. The van der Waals surface area contributed by atoms with Crippen molar-refractivity contribution in [3.63, 3.8) is 0 Å². The van der Waals surface area contributed by atoms with E-state index >= 15 is 0 Å². The minimum absolute atomic E-state index is 0.148. The van der Waals surface area contributed by atoms with Gasteiger partial charge in [0.2, 0.25) is 0 Å². The van der Waals surface area contributed by atoms with Crippen LogP contribution in [-0.4, -0.2) is 45.0 Å². The van der Waals surface area contributed by atoms with E-state index in [1.54, 1.807) is 46.2 Å². The van der Waals surface area contributed by atoms with Gasteiger partial charge in [-0.15, -0.1) is 0 Å². The van der Waals surface area contributed by atoms with Gasteiger partial charge < -0.3 is 14.4 Å². The van der Waals surface area contributed by atoms with Gasteiger partial charge >= 0.3 is 5.97 Å². The minimum atomic E-state index is -0.996. The van der Waals surface area contributed by atoms with Gasteiger partial charge in [0.05, 0.1) is 5.56 Å². The van der Waals surface area contributed by atoms with E-state index in [9.17, 15) is 9.59 Å². The number of hydrogen-bond acceptors (Lipinski definition) is 4. The fourth-order valence-electron chi connectivity index (χ4n) is 2.84. The number of likely N-dealkylation sites (N-methyl/N-ethyl adjacent to an activating group) is 2. The first-order valence-corrected chi connectivity index (χ1v) is 8.65. The van der Waals surface area contributed by atoms with Crippen molar-refractivity contribution in [3.8, 4) is 11.3 Å². The average Bonchev–Trinajstić information content (AvgIpc) is 3.18. The lowest BCUT2D eigenvalue weighted by Crippen LogP contribution is -2.32. The lowest BCUT2D eigenvalue weighted by Gasteiger charge is -2.16. The Kier molecular flexibility index (Phi) is 4.90. The highest BCUT2D eigenvalue weighted by molar-refractivity contribution is 7.80. The lowest BCUT2D eigenvalue weighted by atomic mass is 10.1. The number of carbonyl (C=O) groups excluding carboxylic acids is 1. The third kappa shape index (κ3) is 3.13. The second kappa shape index (κ2) is 7.13. The summed E-state index contributed by atoms with van der Waals surface area (Å²) in [7, 11) is 0. The number of carbonyl (C=O) groups is 2. The molecule has 0 radical (unpaired) electrons. The van der Waals surface area contributed by atoms with Crippen LogP contribution < -0.4 is 0 Å². The number of carboxylic acid groups (broad SMARTS) is 1. The van der Waals surface area contributed by atoms with Crippen molar-refractivity contribution in [2.75, 3.05) is 13.1 Å². The molecule has 0 spiro atoms. The summed E-state index contributed by atoms with van der Waals surface area (Å²) < 4.78 is 5.80. The van der Waals surface area contributed by atoms with Gasteiger partial charge in [0.15, 0.2) is 5.11 Å². The second-order valence-electron chi connectivity index (χ2n) is 5.69. The summed E-state index contributed by atoms with van der Waals surface area (Å²) in [5.74, 6) is -0.110. The van der Waals surface area contributed by atoms with Gasteiger partial charge in [0.25, 0.3) is 5.91 Å². The van der Waals surface area contributed by atoms with Gasteiger partial charge in [-0.25, -0.2) is 4.79 Å². The highest BCUT2D eigenvalue weighted by atomic mass is 32.1. The second-order valence-corrected chi connectivity index (χ2v) is 6.06. The Hall–Kier alpha value is -2.93. The average molecular weight is 370 g/mol. The SMILES string of the molecule is CCN1C(=O)/C(=C\c2ccc(-c3cccc(C(=O)O)c3)o2)N(CC)C1=S. The predicted molar refractivity (Wildman–Crippen MR) is 101 cm³/mol. The fraction of sp³-hybridized carbons (Fsp3) is 0.211. The van der Waals surface area contributed by atoms with E-state index in [0.29, 0.717) is 41.0 Å². The van der Waals surface area contributed by atoms with Gasteiger partial charge in [0, 0.05) is 24.7 Å². The number of rotatable bonds is 5. The molecule has 0 bridgehead atoms. The molecule has 134 valence electrons. The Bertz CT molecular complexity index is 916. The molecule has 1 saturated heterocycles. The highest BCUT2D eigenvalue weighted by Crippen LogP contribution is 2.27. The molecule has 0 saturated carbocycles. The first kappa shape index (κ1) is 17.9. The summed E-state index contributed by atoms with van der Waals surface area (Å²) in [4.78, 5) is 27.0. The fourth-order valence-corrected chi connectivity index (χ4v) is 3.28. The first-order chi connectivity index (χ1) is 12.5. The molecule has 6 nitrogen and oxygen atoms in total. The van der Waals surface area contributed by atoms with E-state index in [2.05, 4.69) is 0 Å². The van der Waals surface area contributed by atoms with Crippen LogP contribution in [-0.2, 0) is 4.79 Å². The number of aromatic carboxylic acids is 1. The molecule has 7 heteroatoms. The van der Waals surface area contributed by atoms with Gasteiger partial charge in [-0.1, -0.05) is 12.1 Å². The van der Waals surface area contributed by atoms with Crippen LogP contribution in [0.25, 0.3) is 17.4 Å². The summed E-state index contributed by atoms with van der Waals surface area (Å²) in [5.41, 5.74) is 1.32. The molecule has 1 N–H and O–H groups in total. The Balaban J connectivity index is 1.94. The van der Waals surface area contributed by atoms with Crippen LogP contribution in [0.2, 0.25) is 0 Å². The Morgan fingerprint density at radius 1 is 1.19 bits per heavy atom. The van der Waals surface area contributed by atoms with Crippen LogP contribution in [0.15, 0.2) is 46.5 Å². The number of benzene rings is 1. The maximum atomic E-state index is 12.5. The van der Waals surface area contributed by atoms with Gasteiger partial charge in [0.1, 0.15) is 17.2 Å². The van der Waals surface area contributed by atoms with Crippen molar-refractivity contribution in [2.45, 2.75) is 13.8 Å². The molecule has 1 aliphatic heterocycles. The number of furan rings is 1. The standard InChI is InChI=1S/C19H18N2O4S/c1-3-20-15(17(22)21(4-2)19(20)26)11-14-8-9-16(25-14)12-6-5-7-13(10-12)18(23)24/h5-11H,3-4H2,1-2H3,(H,23,24)/b15-11+. The number of thiocarbonyl (C=S) groups is 1. The zero-order valence-corrected chi connectivity index (χ0v) is 15.2. The lowest BCUT2D eigenvalue weighted by molar-refractivity contribution is -0.122. The van der Waals surface area contributed by atoms with Crippen molar-refractivity contribution in [3.05, 3.63) is 53.4 Å². The van der Waals surface area contributed by atoms with E-state index < -0.39 is 5.97 Å². The summed E-state index contributed by atoms with van der Waals surface area (Å²) in [6, 6.07) is 10.00. The van der Waals surface area contributed by atoms with Crippen LogP contribution >= 0.6 is 12.2 Å². The quantitative estimate of drug-likeness (QED) is 0.642. The largest absolute Gasteiger partial charge is 0.478 e. The van der Waals surface area contributed by atoms with Crippen LogP contribution in [0.1, 0.15) is 30.0 Å². The summed E-state index contributed by atoms with van der Waals surface area (Å²) in [6.45, 7) is 4.90. The zero-order chi connectivity index (χ0) is 18.8. The normalized spacial score (nSPS) is 16.0. The van der Waals surface area contributed by atoms with E-state index in [1.165, 1.54) is 6.07 Å². The maximum absolute atomic E-state index is 12.5. The summed E-state index contributed by atoms with van der Waals surface area (Å²) in [6.07, 6.45) is 1.67. The molecule has 1 fully saturated rings. The van der Waals surface area contributed by atoms with Gasteiger partial charge in [-0.05, 0) is 50.3 Å². The van der Waals surface area contributed by atoms with E-state index in [4.69, 9.17) is 21.7 Å². The van der Waals surface area contributed by atoms with E-state index in [-0.39, 0.29) is 11.5 Å². The molecule has 2 heterocycles. The molecule has 1 aliphatic rings. The molecule has 1 aromatic heterocycles. The van der Waals surface area contributed by atoms with E-state index in [0.717, 1.165) is 0 Å². The third-order valence-electron chi connectivity index (χ3n) is 4.15. The number of amides is 1. The maximum Gasteiger partial charge on any atom is 0.335 e. The molecular formula is C19H18N2O4S. The van der Waals surface area contributed by atoms with Crippen LogP contribution in [0.5, 0.6) is 0 Å². The molecule has 0 aliphatic carbocycles. The molecule has 1 amide bonds. The van der Waals surface area contributed by atoms with Crippen molar-refractivity contribution in [1.29, 1.82) is 0 Å². The smallest absolute Gasteiger partial charge is 0.335 e. The Labute approximate surface area is 156 Å². The summed E-state index contributed by atoms with van der Waals surface area (Å²) >= 11 is 5.36. The molecular weight excluding hydrogens is 352 g/mol. The van der Waals surface area contributed by atoms with Crippen molar-refractivity contribution < 1.29 is 19.1 Å². The van der Waals surface area contributed by atoms with E-state index in [1.807, 2.05) is 13.8 Å². The number of hydrogen-bond donors (Lipinski definition) is 1. The van der Waals surface area contributed by atoms with Gasteiger partial charge in [-0.3, -0.25) is 9.69 Å². The Morgan fingerprint density at radius 3 is 2.58 bits per heavy atom. The third-order valence-corrected chi connectivity index (χ3v) is 4.59. The Morgan fingerprint density at radius 2 is 1.92 bits per heavy atom. The number of carboxylic acids is 1. The molecule has 0 atom stereocenters. The topological polar surface area (TPSA) is 74.0 Å². The van der Waals surface area contributed by atoms with Crippen LogP contribution in [0.3, 0.4) is 0 Å². The van der Waals surface area contributed by atoms with Crippen LogP contribution in [0.4, 0.5) is 0 Å². The number of nitrogens with zero attached hydrogens (tertiary/aromatic N) is 2. The van der Waals surface area contributed by atoms with Crippen molar-refractivity contribution >= 4 is 35.3 Å². The van der Waals surface area contributed by atoms with Crippen molar-refractivity contribution in [2.24, 2.45) is 0 Å². The molecule has 26 heavy (non-hydrogen) atoms. The molecule has 3 rings (SSSR count).